The number of piperazine rings is 1. The molecule has 0 radical (unpaired) electrons. The molecule has 21 heavy (non-hydrogen) atoms. The van der Waals surface area contributed by atoms with Gasteiger partial charge in [-0.25, -0.2) is 0 Å². The minimum Gasteiger partial charge on any atom is -0.484 e. The van der Waals surface area contributed by atoms with Crippen LogP contribution in [0.3, 0.4) is 0 Å². The van der Waals surface area contributed by atoms with Crippen LogP contribution in [0, 0.1) is 0 Å². The number of nitrogens with zero attached hydrogens (tertiary/aromatic N) is 2. The second kappa shape index (κ2) is 7.08. The Bertz CT molecular complexity index is 492. The van der Waals surface area contributed by atoms with E-state index in [4.69, 9.17) is 4.74 Å². The van der Waals surface area contributed by atoms with Crippen LogP contribution < -0.4 is 10.1 Å². The molecule has 1 saturated heterocycles. The van der Waals surface area contributed by atoms with Crippen LogP contribution >= 0.6 is 0 Å². The molecule has 0 bridgehead atoms. The number of nitrogens with one attached hydrogen (secondary N) is 1. The lowest BCUT2D eigenvalue weighted by Gasteiger charge is -2.38. The summed E-state index contributed by atoms with van der Waals surface area (Å²) in [7, 11) is 3.50. The number of rotatable bonds is 4. The van der Waals surface area contributed by atoms with E-state index < -0.39 is 0 Å². The molecule has 1 atom stereocenters. The highest BCUT2D eigenvalue weighted by atomic mass is 16.5. The topological polar surface area (TPSA) is 61.9 Å². The molecule has 0 spiro atoms. The number of benzene rings is 1. The van der Waals surface area contributed by atoms with Gasteiger partial charge in [-0.05, 0) is 19.2 Å². The lowest BCUT2D eigenvalue weighted by atomic mass is 10.1. The molecule has 1 heterocycles. The number of amides is 2. The standard InChI is InChI=1S/C15H21N3O3/c1-16-15(20)13-10-18(9-8-17(13)2)14(19)11-21-12-6-4-3-5-7-12/h3-7,13H,8-11H2,1-2H3,(H,16,20). The van der Waals surface area contributed by atoms with Crippen molar-refractivity contribution in [3.8, 4) is 5.75 Å². The molecule has 2 rings (SSSR count). The number of ether oxygens (including phenoxy) is 1. The first-order valence-corrected chi connectivity index (χ1v) is 6.99. The van der Waals surface area contributed by atoms with Gasteiger partial charge in [-0.2, -0.15) is 0 Å². The molecule has 1 aromatic rings. The van der Waals surface area contributed by atoms with Crippen LogP contribution in [-0.4, -0.2) is 68.0 Å². The van der Waals surface area contributed by atoms with E-state index in [-0.39, 0.29) is 24.5 Å². The molecular formula is C15H21N3O3. The highest BCUT2D eigenvalue weighted by Crippen LogP contribution is 2.11. The van der Waals surface area contributed by atoms with E-state index in [1.165, 1.54) is 0 Å². The van der Waals surface area contributed by atoms with Crippen molar-refractivity contribution in [2.24, 2.45) is 0 Å². The van der Waals surface area contributed by atoms with Crippen LogP contribution in [0.15, 0.2) is 30.3 Å². The first kappa shape index (κ1) is 15.3. The third-order valence-corrected chi connectivity index (χ3v) is 3.66. The summed E-state index contributed by atoms with van der Waals surface area (Å²) in [6.07, 6.45) is 0. The van der Waals surface area contributed by atoms with Gasteiger partial charge in [0.1, 0.15) is 11.8 Å². The Morgan fingerprint density at radius 2 is 2.00 bits per heavy atom. The van der Waals surface area contributed by atoms with Gasteiger partial charge in [0.25, 0.3) is 5.91 Å². The van der Waals surface area contributed by atoms with E-state index in [2.05, 4.69) is 5.32 Å². The molecule has 1 unspecified atom stereocenters. The Kier molecular flexibility index (Phi) is 5.16. The van der Waals surface area contributed by atoms with Gasteiger partial charge in [0.15, 0.2) is 6.61 Å². The van der Waals surface area contributed by atoms with Gasteiger partial charge < -0.3 is 15.0 Å². The molecule has 0 aliphatic carbocycles. The quantitative estimate of drug-likeness (QED) is 0.845. The summed E-state index contributed by atoms with van der Waals surface area (Å²) in [4.78, 5) is 27.6. The number of para-hydroxylation sites is 1. The van der Waals surface area contributed by atoms with Gasteiger partial charge in [0.2, 0.25) is 5.91 Å². The van der Waals surface area contributed by atoms with Crippen molar-refractivity contribution in [3.05, 3.63) is 30.3 Å². The Morgan fingerprint density at radius 1 is 1.29 bits per heavy atom. The van der Waals surface area contributed by atoms with E-state index in [0.29, 0.717) is 25.4 Å². The van der Waals surface area contributed by atoms with Crippen molar-refractivity contribution in [1.29, 1.82) is 0 Å². The van der Waals surface area contributed by atoms with Crippen molar-refractivity contribution in [3.63, 3.8) is 0 Å². The van der Waals surface area contributed by atoms with Crippen LogP contribution in [0.1, 0.15) is 0 Å². The Hall–Kier alpha value is -2.08. The van der Waals surface area contributed by atoms with E-state index in [0.717, 1.165) is 0 Å². The van der Waals surface area contributed by atoms with Gasteiger partial charge in [0.05, 0.1) is 0 Å². The average molecular weight is 291 g/mol. The zero-order valence-corrected chi connectivity index (χ0v) is 12.4. The van der Waals surface area contributed by atoms with Gasteiger partial charge in [0, 0.05) is 26.7 Å². The minimum atomic E-state index is -0.301. The molecule has 1 aliphatic rings. The SMILES string of the molecule is CNC(=O)C1CN(C(=O)COc2ccccc2)CCN1C. The lowest BCUT2D eigenvalue weighted by molar-refractivity contribution is -0.139. The summed E-state index contributed by atoms with van der Waals surface area (Å²) in [5, 5.41) is 2.63. The number of hydrogen-bond donors (Lipinski definition) is 1. The maximum absolute atomic E-state index is 12.2. The summed E-state index contributed by atoms with van der Waals surface area (Å²) in [6, 6.07) is 8.93. The second-order valence-electron chi connectivity index (χ2n) is 5.05. The molecule has 1 fully saturated rings. The van der Waals surface area contributed by atoms with E-state index >= 15 is 0 Å². The van der Waals surface area contributed by atoms with Gasteiger partial charge in [-0.15, -0.1) is 0 Å². The normalized spacial score (nSPS) is 19.1. The first-order chi connectivity index (χ1) is 10.1. The van der Waals surface area contributed by atoms with Gasteiger partial charge in [-0.1, -0.05) is 18.2 Å². The molecule has 1 aromatic carbocycles. The van der Waals surface area contributed by atoms with Crippen molar-refractivity contribution in [2.75, 3.05) is 40.3 Å². The molecule has 1 N–H and O–H groups in total. The molecule has 6 heteroatoms. The summed E-state index contributed by atoms with van der Waals surface area (Å²) in [5.41, 5.74) is 0. The van der Waals surface area contributed by atoms with E-state index in [9.17, 15) is 9.59 Å². The molecular weight excluding hydrogens is 270 g/mol. The van der Waals surface area contributed by atoms with Crippen LogP contribution in [0.5, 0.6) is 5.75 Å². The fourth-order valence-electron chi connectivity index (χ4n) is 2.30. The predicted octanol–water partition coefficient (Wildman–Crippen LogP) is -0.0460. The van der Waals surface area contributed by atoms with Gasteiger partial charge in [-0.3, -0.25) is 14.5 Å². The maximum atomic E-state index is 12.2. The van der Waals surface area contributed by atoms with E-state index in [1.807, 2.05) is 42.3 Å². The fraction of sp³-hybridized carbons (Fsp3) is 0.467. The van der Waals surface area contributed by atoms with Crippen molar-refractivity contribution >= 4 is 11.8 Å². The lowest BCUT2D eigenvalue weighted by Crippen LogP contribution is -2.58. The Balaban J connectivity index is 1.89. The highest BCUT2D eigenvalue weighted by molar-refractivity contribution is 5.84. The number of carbonyl (C=O) groups is 2. The Morgan fingerprint density at radius 3 is 2.67 bits per heavy atom. The van der Waals surface area contributed by atoms with Crippen LogP contribution in [0.25, 0.3) is 0 Å². The van der Waals surface area contributed by atoms with Crippen molar-refractivity contribution < 1.29 is 14.3 Å². The maximum Gasteiger partial charge on any atom is 0.260 e. The molecule has 0 saturated carbocycles. The fourth-order valence-corrected chi connectivity index (χ4v) is 2.30. The zero-order chi connectivity index (χ0) is 15.2. The minimum absolute atomic E-state index is 0.00576. The van der Waals surface area contributed by atoms with Crippen molar-refractivity contribution in [1.82, 2.24) is 15.1 Å². The monoisotopic (exact) mass is 291 g/mol. The first-order valence-electron chi connectivity index (χ1n) is 6.99. The predicted molar refractivity (Wildman–Crippen MR) is 79.0 cm³/mol. The van der Waals surface area contributed by atoms with Crippen LogP contribution in [-0.2, 0) is 9.59 Å². The Labute approximate surface area is 124 Å². The van der Waals surface area contributed by atoms with Gasteiger partial charge >= 0.3 is 0 Å². The van der Waals surface area contributed by atoms with Crippen molar-refractivity contribution in [2.45, 2.75) is 6.04 Å². The smallest absolute Gasteiger partial charge is 0.260 e. The second-order valence-corrected chi connectivity index (χ2v) is 5.05. The highest BCUT2D eigenvalue weighted by Gasteiger charge is 2.31. The summed E-state index contributed by atoms with van der Waals surface area (Å²) in [5.74, 6) is 0.502. The largest absolute Gasteiger partial charge is 0.484 e. The summed E-state index contributed by atoms with van der Waals surface area (Å²) >= 11 is 0. The molecule has 1 aliphatic heterocycles. The number of likely N-dealkylation sites (N-methyl/N-ethyl adjacent to an activating group) is 2. The molecule has 6 nitrogen and oxygen atoms in total. The van der Waals surface area contributed by atoms with E-state index in [1.54, 1.807) is 11.9 Å². The number of carbonyl (C=O) groups excluding carboxylic acids is 2. The average Bonchev–Trinajstić information content (AvgIpc) is 2.53. The third-order valence-electron chi connectivity index (χ3n) is 3.66. The summed E-state index contributed by atoms with van der Waals surface area (Å²) in [6.45, 7) is 1.68. The zero-order valence-electron chi connectivity index (χ0n) is 12.4. The van der Waals surface area contributed by atoms with Crippen LogP contribution in [0.2, 0.25) is 0 Å². The summed E-state index contributed by atoms with van der Waals surface area (Å²) < 4.78 is 5.46. The number of hydrogen-bond acceptors (Lipinski definition) is 4. The van der Waals surface area contributed by atoms with Crippen LogP contribution in [0.4, 0.5) is 0 Å². The molecule has 0 aromatic heterocycles. The molecule has 114 valence electrons. The third kappa shape index (κ3) is 3.95. The molecule has 2 amide bonds.